The molecule has 6 nitrogen and oxygen atoms in total. The molecule has 1 saturated heterocycles. The fourth-order valence-electron chi connectivity index (χ4n) is 5.18. The Labute approximate surface area is 191 Å². The molecule has 1 heterocycles. The van der Waals surface area contributed by atoms with Crippen molar-refractivity contribution in [2.24, 2.45) is 0 Å². The van der Waals surface area contributed by atoms with Crippen molar-refractivity contribution in [2.75, 3.05) is 47.5 Å². The van der Waals surface area contributed by atoms with E-state index in [2.05, 4.69) is 35.2 Å². The second-order valence-electron chi connectivity index (χ2n) is 8.66. The highest BCUT2D eigenvalue weighted by Gasteiger charge is 2.30. The molecule has 4 rings (SSSR count). The maximum atomic E-state index is 13.2. The zero-order valence-electron chi connectivity index (χ0n) is 19.4. The van der Waals surface area contributed by atoms with Crippen LogP contribution in [0, 0.1) is 0 Å². The summed E-state index contributed by atoms with van der Waals surface area (Å²) in [5, 5.41) is 0. The van der Waals surface area contributed by atoms with E-state index in [9.17, 15) is 4.79 Å². The lowest BCUT2D eigenvalue weighted by Crippen LogP contribution is -2.52. The van der Waals surface area contributed by atoms with E-state index in [1.165, 1.54) is 31.2 Å². The number of methoxy groups -OCH3 is 3. The first-order valence-corrected chi connectivity index (χ1v) is 11.5. The third kappa shape index (κ3) is 4.70. The van der Waals surface area contributed by atoms with Crippen molar-refractivity contribution in [2.45, 2.75) is 37.6 Å². The maximum Gasteiger partial charge on any atom is 0.254 e. The van der Waals surface area contributed by atoms with Gasteiger partial charge in [0.05, 0.1) is 21.3 Å². The van der Waals surface area contributed by atoms with Gasteiger partial charge in [-0.3, -0.25) is 9.69 Å². The predicted octanol–water partition coefficient (Wildman–Crippen LogP) is 4.20. The molecule has 0 atom stereocenters. The Hall–Kier alpha value is -2.73. The molecule has 1 amide bonds. The van der Waals surface area contributed by atoms with Crippen LogP contribution in [0.4, 0.5) is 0 Å². The average molecular weight is 439 g/mol. The van der Waals surface area contributed by atoms with Gasteiger partial charge in [-0.15, -0.1) is 0 Å². The molecule has 2 aromatic carbocycles. The molecule has 172 valence electrons. The quantitative estimate of drug-likeness (QED) is 0.677. The van der Waals surface area contributed by atoms with Gasteiger partial charge in [0.2, 0.25) is 5.75 Å². The van der Waals surface area contributed by atoms with Crippen LogP contribution in [0.1, 0.15) is 47.5 Å². The molecule has 0 unspecified atom stereocenters. The smallest absolute Gasteiger partial charge is 0.254 e. The number of hydrogen-bond acceptors (Lipinski definition) is 5. The molecule has 0 aromatic heterocycles. The van der Waals surface area contributed by atoms with Gasteiger partial charge in [0.25, 0.3) is 5.91 Å². The molecular formula is C26H34N2O4. The summed E-state index contributed by atoms with van der Waals surface area (Å²) in [6.45, 7) is 3.34. The highest BCUT2D eigenvalue weighted by molar-refractivity contribution is 5.95. The molecule has 2 aliphatic rings. The molecule has 1 aliphatic carbocycles. The zero-order chi connectivity index (χ0) is 22.5. The molecule has 2 aromatic rings. The molecule has 0 N–H and O–H groups in total. The first-order valence-electron chi connectivity index (χ1n) is 11.5. The topological polar surface area (TPSA) is 51.2 Å². The van der Waals surface area contributed by atoms with E-state index in [4.69, 9.17) is 14.2 Å². The Morgan fingerprint density at radius 2 is 1.41 bits per heavy atom. The van der Waals surface area contributed by atoms with Crippen LogP contribution in [0.5, 0.6) is 17.2 Å². The normalized spacial score (nSPS) is 21.8. The van der Waals surface area contributed by atoms with E-state index in [0.29, 0.717) is 34.8 Å². The molecule has 0 spiro atoms. The van der Waals surface area contributed by atoms with Gasteiger partial charge < -0.3 is 19.1 Å². The fourth-order valence-corrected chi connectivity index (χ4v) is 5.18. The second kappa shape index (κ2) is 10.3. The summed E-state index contributed by atoms with van der Waals surface area (Å²) in [5.74, 6) is 2.21. The number of carbonyl (C=O) groups excluding carboxylic acids is 1. The van der Waals surface area contributed by atoms with Gasteiger partial charge in [-0.05, 0) is 49.3 Å². The molecule has 0 radical (unpaired) electrons. The molecule has 1 aliphatic heterocycles. The van der Waals surface area contributed by atoms with Crippen molar-refractivity contribution in [3.8, 4) is 17.2 Å². The van der Waals surface area contributed by atoms with E-state index in [-0.39, 0.29) is 5.91 Å². The monoisotopic (exact) mass is 438 g/mol. The van der Waals surface area contributed by atoms with E-state index < -0.39 is 0 Å². The summed E-state index contributed by atoms with van der Waals surface area (Å²) in [5.41, 5.74) is 2.04. The van der Waals surface area contributed by atoms with Gasteiger partial charge in [-0.1, -0.05) is 30.3 Å². The highest BCUT2D eigenvalue weighted by Crippen LogP contribution is 2.39. The molecule has 1 saturated carbocycles. The van der Waals surface area contributed by atoms with Crippen molar-refractivity contribution < 1.29 is 19.0 Å². The Morgan fingerprint density at radius 3 is 1.94 bits per heavy atom. The summed E-state index contributed by atoms with van der Waals surface area (Å²) in [6, 6.07) is 15.0. The zero-order valence-corrected chi connectivity index (χ0v) is 19.4. The third-order valence-electron chi connectivity index (χ3n) is 7.00. The minimum Gasteiger partial charge on any atom is -0.493 e. The molecular weight excluding hydrogens is 404 g/mol. The highest BCUT2D eigenvalue weighted by atomic mass is 16.5. The van der Waals surface area contributed by atoms with E-state index in [1.54, 1.807) is 33.5 Å². The van der Waals surface area contributed by atoms with Crippen molar-refractivity contribution in [3.05, 3.63) is 53.6 Å². The summed E-state index contributed by atoms with van der Waals surface area (Å²) in [4.78, 5) is 17.7. The van der Waals surface area contributed by atoms with Crippen LogP contribution in [-0.4, -0.2) is 69.3 Å². The minimum absolute atomic E-state index is 0.0108. The van der Waals surface area contributed by atoms with Gasteiger partial charge in [0, 0.05) is 37.8 Å². The Morgan fingerprint density at radius 1 is 0.812 bits per heavy atom. The summed E-state index contributed by atoms with van der Waals surface area (Å²) in [7, 11) is 4.70. The number of ether oxygens (including phenoxy) is 3. The van der Waals surface area contributed by atoms with Gasteiger partial charge in [-0.2, -0.15) is 0 Å². The van der Waals surface area contributed by atoms with Crippen molar-refractivity contribution >= 4 is 5.91 Å². The van der Waals surface area contributed by atoms with Gasteiger partial charge in [0.15, 0.2) is 11.5 Å². The van der Waals surface area contributed by atoms with Crippen LogP contribution < -0.4 is 14.2 Å². The molecule has 32 heavy (non-hydrogen) atoms. The SMILES string of the molecule is COc1cc(C(=O)N2CCN(C3CCC(c4ccccc4)CC3)CC2)cc(OC)c1OC. The summed E-state index contributed by atoms with van der Waals surface area (Å²) >= 11 is 0. The van der Waals surface area contributed by atoms with Crippen LogP contribution >= 0.6 is 0 Å². The summed E-state index contributed by atoms with van der Waals surface area (Å²) < 4.78 is 16.2. The number of hydrogen-bond donors (Lipinski definition) is 0. The number of benzene rings is 2. The van der Waals surface area contributed by atoms with Crippen molar-refractivity contribution in [1.82, 2.24) is 9.80 Å². The summed E-state index contributed by atoms with van der Waals surface area (Å²) in [6.07, 6.45) is 4.97. The Bertz CT molecular complexity index is 876. The fraction of sp³-hybridized carbons (Fsp3) is 0.500. The van der Waals surface area contributed by atoms with Gasteiger partial charge >= 0.3 is 0 Å². The lowest BCUT2D eigenvalue weighted by atomic mass is 9.81. The number of piperazine rings is 1. The van der Waals surface area contributed by atoms with Gasteiger partial charge in [-0.25, -0.2) is 0 Å². The predicted molar refractivity (Wildman–Crippen MR) is 125 cm³/mol. The van der Waals surface area contributed by atoms with Crippen molar-refractivity contribution in [3.63, 3.8) is 0 Å². The second-order valence-corrected chi connectivity index (χ2v) is 8.66. The number of nitrogens with zero attached hydrogens (tertiary/aromatic N) is 2. The van der Waals surface area contributed by atoms with Crippen LogP contribution in [0.3, 0.4) is 0 Å². The first-order chi connectivity index (χ1) is 15.6. The van der Waals surface area contributed by atoms with E-state index in [0.717, 1.165) is 26.2 Å². The number of amides is 1. The van der Waals surface area contributed by atoms with Crippen molar-refractivity contribution in [1.29, 1.82) is 0 Å². The van der Waals surface area contributed by atoms with Crippen LogP contribution in [-0.2, 0) is 0 Å². The molecule has 0 bridgehead atoms. The standard InChI is InChI=1S/C26H34N2O4/c1-30-23-17-21(18-24(31-2)25(23)32-3)26(29)28-15-13-27(14-16-28)22-11-9-20(10-12-22)19-7-5-4-6-8-19/h4-8,17-18,20,22H,9-16H2,1-3H3. The minimum atomic E-state index is 0.0108. The average Bonchev–Trinajstić information content (AvgIpc) is 2.88. The lowest BCUT2D eigenvalue weighted by Gasteiger charge is -2.42. The van der Waals surface area contributed by atoms with Crippen LogP contribution in [0.25, 0.3) is 0 Å². The van der Waals surface area contributed by atoms with Crippen LogP contribution in [0.15, 0.2) is 42.5 Å². The lowest BCUT2D eigenvalue weighted by molar-refractivity contribution is 0.0513. The van der Waals surface area contributed by atoms with E-state index >= 15 is 0 Å². The van der Waals surface area contributed by atoms with Crippen LogP contribution in [0.2, 0.25) is 0 Å². The van der Waals surface area contributed by atoms with E-state index in [1.807, 2.05) is 4.90 Å². The number of carbonyl (C=O) groups is 1. The van der Waals surface area contributed by atoms with Gasteiger partial charge in [0.1, 0.15) is 0 Å². The first kappa shape index (κ1) is 22.5. The maximum absolute atomic E-state index is 13.2. The molecule has 6 heteroatoms. The molecule has 2 fully saturated rings. The third-order valence-corrected chi connectivity index (χ3v) is 7.00. The largest absolute Gasteiger partial charge is 0.493 e. The Kier molecular flexibility index (Phi) is 7.20. The Balaban J connectivity index is 1.34. The number of rotatable bonds is 6.